The molecule has 1 atom stereocenters. The second-order valence-corrected chi connectivity index (χ2v) is 9.11. The Morgan fingerprint density at radius 3 is 2.66 bits per heavy atom. The van der Waals surface area contributed by atoms with Gasteiger partial charge in [0.2, 0.25) is 0 Å². The number of carbonyl (C=O) groups excluding carboxylic acids is 2. The Morgan fingerprint density at radius 2 is 2.00 bits per heavy atom. The molecule has 0 bridgehead atoms. The van der Waals surface area contributed by atoms with Crippen LogP contribution in [0.5, 0.6) is 11.5 Å². The molecule has 1 heterocycles. The molecule has 32 heavy (non-hydrogen) atoms. The molecule has 2 aromatic rings. The average molecular weight is 568 g/mol. The van der Waals surface area contributed by atoms with Gasteiger partial charge >= 0.3 is 5.97 Å². The van der Waals surface area contributed by atoms with Crippen LogP contribution in [0.4, 0.5) is 5.69 Å². The Morgan fingerprint density at radius 1 is 1.25 bits per heavy atom. The van der Waals surface area contributed by atoms with E-state index >= 15 is 0 Å². The minimum atomic E-state index is -0.446. The monoisotopic (exact) mass is 568 g/mol. The van der Waals surface area contributed by atoms with Crippen molar-refractivity contribution < 1.29 is 23.8 Å². The van der Waals surface area contributed by atoms with E-state index < -0.39 is 5.97 Å². The van der Waals surface area contributed by atoms with Crippen LogP contribution in [0.1, 0.15) is 25.0 Å². The molecule has 0 radical (unpaired) electrons. The first-order valence-electron chi connectivity index (χ1n) is 10.1. The Labute approximate surface area is 205 Å². The fourth-order valence-corrected chi connectivity index (χ4v) is 4.77. The first kappa shape index (κ1) is 24.2. The van der Waals surface area contributed by atoms with Gasteiger partial charge in [-0.05, 0) is 77.4 Å². The summed E-state index contributed by atoms with van der Waals surface area (Å²) in [6, 6.07) is 11.8. The minimum Gasteiger partial charge on any atom is -0.493 e. The Bertz CT molecular complexity index is 1010. The standard InChI is InChI=1S/C23H25IN2O5S/c1-4-14-6-8-16(9-7-14)25-23-26-22(28)19(32-23)12-15-10-17(24)21(18(11-15)29-3)31-13-20(27)30-5-2/h6-12,23,25H,4-5,13H2,1-3H3,(H,26,28)/b19-12-/t23-/m0/s1. The summed E-state index contributed by atoms with van der Waals surface area (Å²) in [5.74, 6) is 0.344. The van der Waals surface area contributed by atoms with E-state index in [9.17, 15) is 9.59 Å². The molecule has 1 aliphatic heterocycles. The highest BCUT2D eigenvalue weighted by Crippen LogP contribution is 2.36. The van der Waals surface area contributed by atoms with Crippen LogP contribution in [0.25, 0.3) is 6.08 Å². The van der Waals surface area contributed by atoms with Crippen molar-refractivity contribution in [1.82, 2.24) is 5.32 Å². The number of esters is 1. The van der Waals surface area contributed by atoms with Crippen LogP contribution >= 0.6 is 34.4 Å². The number of thioether (sulfide) groups is 1. The summed E-state index contributed by atoms with van der Waals surface area (Å²) in [4.78, 5) is 24.7. The molecule has 1 saturated heterocycles. The van der Waals surface area contributed by atoms with Gasteiger partial charge in [0.1, 0.15) is 0 Å². The van der Waals surface area contributed by atoms with Crippen LogP contribution in [0.2, 0.25) is 0 Å². The number of nitrogens with one attached hydrogen (secondary N) is 2. The van der Waals surface area contributed by atoms with Gasteiger partial charge in [0.25, 0.3) is 5.91 Å². The van der Waals surface area contributed by atoms with Gasteiger partial charge in [-0.2, -0.15) is 0 Å². The Balaban J connectivity index is 1.71. The summed E-state index contributed by atoms with van der Waals surface area (Å²) >= 11 is 3.53. The van der Waals surface area contributed by atoms with Gasteiger partial charge in [0.05, 0.1) is 22.2 Å². The van der Waals surface area contributed by atoms with Gasteiger partial charge in [-0.3, -0.25) is 4.79 Å². The fraction of sp³-hybridized carbons (Fsp3) is 0.304. The van der Waals surface area contributed by atoms with Crippen LogP contribution in [0, 0.1) is 3.57 Å². The van der Waals surface area contributed by atoms with E-state index in [0.717, 1.165) is 21.2 Å². The van der Waals surface area contributed by atoms with Crippen molar-refractivity contribution in [1.29, 1.82) is 0 Å². The van der Waals surface area contributed by atoms with Gasteiger partial charge in [0.15, 0.2) is 23.6 Å². The second-order valence-electron chi connectivity index (χ2n) is 6.80. The first-order chi connectivity index (χ1) is 15.4. The number of anilines is 1. The lowest BCUT2D eigenvalue weighted by Gasteiger charge is -2.13. The number of ether oxygens (including phenoxy) is 3. The van der Waals surface area contributed by atoms with Crippen molar-refractivity contribution in [3.8, 4) is 11.5 Å². The molecule has 0 spiro atoms. The van der Waals surface area contributed by atoms with Crippen molar-refractivity contribution in [3.63, 3.8) is 0 Å². The van der Waals surface area contributed by atoms with E-state index in [4.69, 9.17) is 14.2 Å². The SMILES string of the molecule is CCOC(=O)COc1c(I)cc(/C=C2\S[C@@H](Nc3ccc(CC)cc3)NC2=O)cc1OC. The second kappa shape index (κ2) is 11.5. The van der Waals surface area contributed by atoms with Crippen molar-refractivity contribution >= 4 is 58.0 Å². The maximum absolute atomic E-state index is 12.5. The quantitative estimate of drug-likeness (QED) is 0.264. The van der Waals surface area contributed by atoms with Crippen molar-refractivity contribution in [2.75, 3.05) is 25.6 Å². The van der Waals surface area contributed by atoms with Crippen LogP contribution in [-0.2, 0) is 20.7 Å². The topological polar surface area (TPSA) is 85.9 Å². The summed E-state index contributed by atoms with van der Waals surface area (Å²) in [7, 11) is 1.53. The highest BCUT2D eigenvalue weighted by molar-refractivity contribution is 14.1. The summed E-state index contributed by atoms with van der Waals surface area (Å²) < 4.78 is 16.7. The average Bonchev–Trinajstić information content (AvgIpc) is 3.11. The van der Waals surface area contributed by atoms with Gasteiger partial charge in [-0.1, -0.05) is 30.8 Å². The fourth-order valence-electron chi connectivity index (χ4n) is 3.00. The minimum absolute atomic E-state index is 0.144. The molecule has 1 fully saturated rings. The molecule has 0 aromatic heterocycles. The summed E-state index contributed by atoms with van der Waals surface area (Å²) in [6.07, 6.45) is 2.79. The molecule has 0 saturated carbocycles. The number of benzene rings is 2. The molecule has 2 N–H and O–H groups in total. The maximum Gasteiger partial charge on any atom is 0.344 e. The molecule has 9 heteroatoms. The van der Waals surface area contributed by atoms with Crippen molar-refractivity contribution in [3.05, 3.63) is 56.0 Å². The van der Waals surface area contributed by atoms with E-state index in [2.05, 4.69) is 52.3 Å². The summed E-state index contributed by atoms with van der Waals surface area (Å²) in [5, 5.41) is 6.26. The van der Waals surface area contributed by atoms with E-state index in [0.29, 0.717) is 23.0 Å². The zero-order valence-electron chi connectivity index (χ0n) is 18.1. The van der Waals surface area contributed by atoms with E-state index in [1.165, 1.54) is 24.4 Å². The zero-order chi connectivity index (χ0) is 23.1. The van der Waals surface area contributed by atoms with Gasteiger partial charge in [-0.15, -0.1) is 0 Å². The van der Waals surface area contributed by atoms with Crippen LogP contribution in [-0.4, -0.2) is 37.7 Å². The normalized spacial score (nSPS) is 16.6. The predicted octanol–water partition coefficient (Wildman–Crippen LogP) is 4.40. The zero-order valence-corrected chi connectivity index (χ0v) is 21.0. The highest BCUT2D eigenvalue weighted by atomic mass is 127. The number of halogens is 1. The lowest BCUT2D eigenvalue weighted by atomic mass is 10.1. The largest absolute Gasteiger partial charge is 0.493 e. The number of hydrogen-bond acceptors (Lipinski definition) is 7. The third-order valence-corrected chi connectivity index (χ3v) is 6.41. The summed E-state index contributed by atoms with van der Waals surface area (Å²) in [5.41, 5.74) is 2.74. The molecule has 7 nitrogen and oxygen atoms in total. The van der Waals surface area contributed by atoms with E-state index in [1.54, 1.807) is 13.0 Å². The molecule has 2 aromatic carbocycles. The van der Waals surface area contributed by atoms with E-state index in [1.807, 2.05) is 24.3 Å². The number of amides is 1. The van der Waals surface area contributed by atoms with Crippen molar-refractivity contribution in [2.24, 2.45) is 0 Å². The Hall–Kier alpha value is -2.40. The molecule has 0 unspecified atom stereocenters. The molecular formula is C23H25IN2O5S. The third-order valence-electron chi connectivity index (χ3n) is 4.58. The van der Waals surface area contributed by atoms with Crippen LogP contribution in [0.15, 0.2) is 41.3 Å². The lowest BCUT2D eigenvalue weighted by Crippen LogP contribution is -2.30. The highest BCUT2D eigenvalue weighted by Gasteiger charge is 2.27. The number of rotatable bonds is 9. The van der Waals surface area contributed by atoms with Gasteiger partial charge < -0.3 is 24.8 Å². The molecule has 1 amide bonds. The third kappa shape index (κ3) is 6.32. The number of aryl methyl sites for hydroxylation is 1. The van der Waals surface area contributed by atoms with Crippen molar-refractivity contribution in [2.45, 2.75) is 25.8 Å². The Kier molecular flexibility index (Phi) is 8.68. The molecule has 0 aliphatic carbocycles. The molecular weight excluding hydrogens is 543 g/mol. The number of hydrogen-bond donors (Lipinski definition) is 2. The van der Waals surface area contributed by atoms with E-state index in [-0.39, 0.29) is 18.0 Å². The molecule has 3 rings (SSSR count). The smallest absolute Gasteiger partial charge is 0.344 e. The number of carbonyl (C=O) groups is 2. The van der Waals surface area contributed by atoms with Crippen LogP contribution < -0.4 is 20.1 Å². The predicted molar refractivity (Wildman–Crippen MR) is 135 cm³/mol. The lowest BCUT2D eigenvalue weighted by molar-refractivity contribution is -0.145. The number of methoxy groups -OCH3 is 1. The molecule has 170 valence electrons. The first-order valence-corrected chi connectivity index (χ1v) is 12.1. The van der Waals surface area contributed by atoms with Crippen LogP contribution in [0.3, 0.4) is 0 Å². The van der Waals surface area contributed by atoms with Gasteiger partial charge in [-0.25, -0.2) is 4.79 Å². The molecule has 1 aliphatic rings. The van der Waals surface area contributed by atoms with Gasteiger partial charge in [0, 0.05) is 5.69 Å². The maximum atomic E-state index is 12.5. The summed E-state index contributed by atoms with van der Waals surface area (Å²) in [6.45, 7) is 3.94.